The third kappa shape index (κ3) is 4.74. The molecule has 0 spiro atoms. The van der Waals surface area contributed by atoms with Crippen molar-refractivity contribution in [1.82, 2.24) is 20.3 Å². The standard InChI is InChI=1S/C13H15ClN6OS/c1-7(8-2-4-9(14)5-3-8)17-10(21)6-22-13-19-11(15)18-12(16)20-13/h2-5,7H,6H2,1H3,(H,17,21)(H4,15,16,18,19,20). The van der Waals surface area contributed by atoms with E-state index in [9.17, 15) is 4.79 Å². The molecule has 0 bridgehead atoms. The second-order valence-electron chi connectivity index (χ2n) is 4.46. The summed E-state index contributed by atoms with van der Waals surface area (Å²) >= 11 is 6.98. The van der Waals surface area contributed by atoms with Crippen molar-refractivity contribution in [3.63, 3.8) is 0 Å². The fraction of sp³-hybridized carbons (Fsp3) is 0.231. The van der Waals surface area contributed by atoms with Gasteiger partial charge < -0.3 is 16.8 Å². The minimum Gasteiger partial charge on any atom is -0.368 e. The third-order valence-corrected chi connectivity index (χ3v) is 3.83. The Morgan fingerprint density at radius 2 is 1.82 bits per heavy atom. The molecule has 0 saturated heterocycles. The van der Waals surface area contributed by atoms with Crippen molar-refractivity contribution in [2.75, 3.05) is 17.2 Å². The number of thioether (sulfide) groups is 1. The molecule has 0 saturated carbocycles. The molecule has 1 aromatic carbocycles. The van der Waals surface area contributed by atoms with Crippen LogP contribution in [0.2, 0.25) is 5.02 Å². The summed E-state index contributed by atoms with van der Waals surface area (Å²) in [6.07, 6.45) is 0. The van der Waals surface area contributed by atoms with Crippen LogP contribution in [0.1, 0.15) is 18.5 Å². The first-order chi connectivity index (χ1) is 10.4. The maximum Gasteiger partial charge on any atom is 0.230 e. The molecule has 7 nitrogen and oxygen atoms in total. The second-order valence-corrected chi connectivity index (χ2v) is 5.84. The van der Waals surface area contributed by atoms with Gasteiger partial charge in [0, 0.05) is 5.02 Å². The number of amides is 1. The number of nitrogens with one attached hydrogen (secondary N) is 1. The van der Waals surface area contributed by atoms with E-state index in [1.54, 1.807) is 12.1 Å². The Morgan fingerprint density at radius 3 is 2.41 bits per heavy atom. The number of nitrogen functional groups attached to an aromatic ring is 2. The number of anilines is 2. The molecule has 22 heavy (non-hydrogen) atoms. The molecule has 5 N–H and O–H groups in total. The average Bonchev–Trinajstić information content (AvgIpc) is 2.45. The minimum absolute atomic E-state index is 0.0324. The van der Waals surface area contributed by atoms with Crippen molar-refractivity contribution in [3.8, 4) is 0 Å². The lowest BCUT2D eigenvalue weighted by Gasteiger charge is -2.14. The Balaban J connectivity index is 1.88. The topological polar surface area (TPSA) is 120 Å². The van der Waals surface area contributed by atoms with Gasteiger partial charge >= 0.3 is 0 Å². The van der Waals surface area contributed by atoms with E-state index in [0.29, 0.717) is 10.2 Å². The molecule has 1 amide bonds. The molecule has 2 rings (SSSR count). The van der Waals surface area contributed by atoms with Crippen molar-refractivity contribution in [2.45, 2.75) is 18.1 Å². The van der Waals surface area contributed by atoms with Crippen LogP contribution in [0.25, 0.3) is 0 Å². The summed E-state index contributed by atoms with van der Waals surface area (Å²) in [5.74, 6) is 0.0702. The van der Waals surface area contributed by atoms with Gasteiger partial charge in [-0.15, -0.1) is 0 Å². The summed E-state index contributed by atoms with van der Waals surface area (Å²) in [6.45, 7) is 1.89. The Bertz CT molecular complexity index is 646. The lowest BCUT2D eigenvalue weighted by atomic mass is 10.1. The molecule has 116 valence electrons. The number of nitrogens with zero attached hydrogens (tertiary/aromatic N) is 3. The monoisotopic (exact) mass is 338 g/mol. The molecule has 0 radical (unpaired) electrons. The summed E-state index contributed by atoms with van der Waals surface area (Å²) in [4.78, 5) is 23.4. The van der Waals surface area contributed by atoms with Gasteiger partial charge in [-0.3, -0.25) is 4.79 Å². The van der Waals surface area contributed by atoms with Crippen LogP contribution in [-0.2, 0) is 4.79 Å². The third-order valence-electron chi connectivity index (χ3n) is 2.73. The average molecular weight is 339 g/mol. The van der Waals surface area contributed by atoms with E-state index in [4.69, 9.17) is 23.1 Å². The maximum absolute atomic E-state index is 11.9. The first-order valence-corrected chi connectivity index (χ1v) is 7.75. The second kappa shape index (κ2) is 7.28. The SMILES string of the molecule is CC(NC(=O)CSc1nc(N)nc(N)n1)c1ccc(Cl)cc1. The molecule has 0 aliphatic rings. The number of nitrogens with two attached hydrogens (primary N) is 2. The summed E-state index contributed by atoms with van der Waals surface area (Å²) in [7, 11) is 0. The lowest BCUT2D eigenvalue weighted by Crippen LogP contribution is -2.28. The Kier molecular flexibility index (Phi) is 5.40. The molecular formula is C13H15ClN6OS. The zero-order valence-corrected chi connectivity index (χ0v) is 13.4. The molecule has 1 aromatic heterocycles. The van der Waals surface area contributed by atoms with E-state index >= 15 is 0 Å². The molecule has 0 fully saturated rings. The lowest BCUT2D eigenvalue weighted by molar-refractivity contribution is -0.119. The number of aromatic nitrogens is 3. The molecule has 9 heteroatoms. The Morgan fingerprint density at radius 1 is 1.23 bits per heavy atom. The van der Waals surface area contributed by atoms with Crippen LogP contribution in [0.15, 0.2) is 29.4 Å². The van der Waals surface area contributed by atoms with Crippen LogP contribution in [0.3, 0.4) is 0 Å². The molecule has 1 unspecified atom stereocenters. The molecule has 1 atom stereocenters. The largest absolute Gasteiger partial charge is 0.368 e. The van der Waals surface area contributed by atoms with Gasteiger partial charge in [0.25, 0.3) is 0 Å². The summed E-state index contributed by atoms with van der Waals surface area (Å²) in [5, 5.41) is 3.85. The van der Waals surface area contributed by atoms with Crippen molar-refractivity contribution in [3.05, 3.63) is 34.9 Å². The van der Waals surface area contributed by atoms with Gasteiger partial charge in [0.05, 0.1) is 11.8 Å². The summed E-state index contributed by atoms with van der Waals surface area (Å²) < 4.78 is 0. The first-order valence-electron chi connectivity index (χ1n) is 6.38. The molecule has 2 aromatic rings. The van der Waals surface area contributed by atoms with Crippen molar-refractivity contribution < 1.29 is 4.79 Å². The summed E-state index contributed by atoms with van der Waals surface area (Å²) in [5.41, 5.74) is 11.9. The van der Waals surface area contributed by atoms with Crippen LogP contribution in [0.4, 0.5) is 11.9 Å². The van der Waals surface area contributed by atoms with Crippen molar-refractivity contribution in [2.24, 2.45) is 0 Å². The molecular weight excluding hydrogens is 324 g/mol. The maximum atomic E-state index is 11.9. The smallest absolute Gasteiger partial charge is 0.230 e. The van der Waals surface area contributed by atoms with Crippen molar-refractivity contribution in [1.29, 1.82) is 0 Å². The zero-order valence-electron chi connectivity index (χ0n) is 11.8. The quantitative estimate of drug-likeness (QED) is 0.709. The number of halogens is 1. The first kappa shape index (κ1) is 16.3. The van der Waals surface area contributed by atoms with E-state index in [1.807, 2.05) is 19.1 Å². The molecule has 0 aliphatic carbocycles. The molecule has 1 heterocycles. The number of hydrogen-bond acceptors (Lipinski definition) is 7. The van der Waals surface area contributed by atoms with Gasteiger partial charge in [0.15, 0.2) is 5.16 Å². The van der Waals surface area contributed by atoms with Crippen LogP contribution in [-0.4, -0.2) is 26.6 Å². The predicted octanol–water partition coefficient (Wildman–Crippen LogP) is 1.66. The van der Waals surface area contributed by atoms with Gasteiger partial charge in [-0.25, -0.2) is 0 Å². The predicted molar refractivity (Wildman–Crippen MR) is 87.4 cm³/mol. The van der Waals surface area contributed by atoms with Crippen LogP contribution in [0, 0.1) is 0 Å². The highest BCUT2D eigenvalue weighted by Crippen LogP contribution is 2.17. The minimum atomic E-state index is -0.148. The highest BCUT2D eigenvalue weighted by atomic mass is 35.5. The number of carbonyl (C=O) groups is 1. The van der Waals surface area contributed by atoms with E-state index in [0.717, 1.165) is 17.3 Å². The van der Waals surface area contributed by atoms with E-state index in [-0.39, 0.29) is 29.6 Å². The van der Waals surface area contributed by atoms with Crippen molar-refractivity contribution >= 4 is 41.2 Å². The van der Waals surface area contributed by atoms with Crippen LogP contribution >= 0.6 is 23.4 Å². The van der Waals surface area contributed by atoms with Gasteiger partial charge in [0.1, 0.15) is 0 Å². The summed E-state index contributed by atoms with van der Waals surface area (Å²) in [6, 6.07) is 7.18. The normalized spacial score (nSPS) is 11.9. The highest BCUT2D eigenvalue weighted by Gasteiger charge is 2.11. The number of benzene rings is 1. The van der Waals surface area contributed by atoms with Gasteiger partial charge in [-0.1, -0.05) is 35.5 Å². The Hall–Kier alpha value is -2.06. The van der Waals surface area contributed by atoms with E-state index in [2.05, 4.69) is 20.3 Å². The van der Waals surface area contributed by atoms with Gasteiger partial charge in [0.2, 0.25) is 17.8 Å². The number of rotatable bonds is 5. The highest BCUT2D eigenvalue weighted by molar-refractivity contribution is 7.99. The fourth-order valence-electron chi connectivity index (χ4n) is 1.70. The Labute approximate surface area is 136 Å². The van der Waals surface area contributed by atoms with Gasteiger partial charge in [-0.05, 0) is 24.6 Å². The van der Waals surface area contributed by atoms with Crippen LogP contribution in [0.5, 0.6) is 0 Å². The fourth-order valence-corrected chi connectivity index (χ4v) is 2.49. The zero-order chi connectivity index (χ0) is 16.1. The number of carbonyl (C=O) groups excluding carboxylic acids is 1. The van der Waals surface area contributed by atoms with E-state index < -0.39 is 0 Å². The van der Waals surface area contributed by atoms with Gasteiger partial charge in [-0.2, -0.15) is 15.0 Å². The van der Waals surface area contributed by atoms with E-state index in [1.165, 1.54) is 0 Å². The molecule has 0 aliphatic heterocycles. The van der Waals surface area contributed by atoms with Crippen LogP contribution < -0.4 is 16.8 Å². The number of hydrogen-bond donors (Lipinski definition) is 3.